The van der Waals surface area contributed by atoms with Gasteiger partial charge < -0.3 is 9.23 Å². The van der Waals surface area contributed by atoms with Gasteiger partial charge >= 0.3 is 6.85 Å². The molecule has 0 saturated heterocycles. The lowest BCUT2D eigenvalue weighted by Crippen LogP contribution is -2.62. The molecule has 24 heavy (non-hydrogen) atoms. The zero-order valence-corrected chi connectivity index (χ0v) is 14.8. The highest BCUT2D eigenvalue weighted by Gasteiger charge is 2.35. The van der Waals surface area contributed by atoms with Crippen molar-refractivity contribution >= 4 is 35.2 Å². The van der Waals surface area contributed by atoms with Gasteiger partial charge in [0.05, 0.1) is 0 Å². The molecule has 0 saturated carbocycles. The molecule has 1 aliphatic rings. The van der Waals surface area contributed by atoms with Crippen molar-refractivity contribution in [3.63, 3.8) is 0 Å². The van der Waals surface area contributed by atoms with Crippen molar-refractivity contribution in [2.75, 3.05) is 7.05 Å². The first-order valence-electron chi connectivity index (χ1n) is 8.22. The van der Waals surface area contributed by atoms with Crippen molar-refractivity contribution in [1.29, 1.82) is 0 Å². The summed E-state index contributed by atoms with van der Waals surface area (Å²) >= 11 is 0. The Morgan fingerprint density at radius 1 is 1.21 bits per heavy atom. The minimum Gasteiger partial charge on any atom is -0.436 e. The normalized spacial score (nSPS) is 14.1. The molecule has 4 heterocycles. The average Bonchev–Trinajstić information content (AvgIpc) is 2.90. The van der Waals surface area contributed by atoms with E-state index in [0.29, 0.717) is 5.71 Å². The monoisotopic (exact) mass is 318 g/mol. The van der Waals surface area contributed by atoms with Gasteiger partial charge in [0.1, 0.15) is 7.05 Å². The summed E-state index contributed by atoms with van der Waals surface area (Å²) in [5, 5.41) is 2.27. The van der Waals surface area contributed by atoms with Gasteiger partial charge in [0, 0.05) is 34.6 Å². The lowest BCUT2D eigenvalue weighted by molar-refractivity contribution is -0.654. The van der Waals surface area contributed by atoms with Crippen LogP contribution in [0, 0.1) is 13.8 Å². The predicted octanol–water partition coefficient (Wildman–Crippen LogP) is 0.561. The number of rotatable bonds is 1. The molecule has 5 heteroatoms. The van der Waals surface area contributed by atoms with Crippen molar-refractivity contribution < 1.29 is 8.98 Å². The number of nitrogens with zero attached hydrogens (tertiary/aromatic N) is 3. The summed E-state index contributed by atoms with van der Waals surface area (Å²) in [6.45, 7) is 6.70. The van der Waals surface area contributed by atoms with Crippen LogP contribution in [0.15, 0.2) is 35.0 Å². The molecule has 0 N–H and O–H groups in total. The van der Waals surface area contributed by atoms with Crippen LogP contribution in [-0.4, -0.2) is 23.7 Å². The van der Waals surface area contributed by atoms with E-state index < -0.39 is 0 Å². The Morgan fingerprint density at radius 3 is 2.79 bits per heavy atom. The van der Waals surface area contributed by atoms with E-state index in [9.17, 15) is 0 Å². The molecule has 4 rings (SSSR count). The summed E-state index contributed by atoms with van der Waals surface area (Å²) in [6, 6.07) is 6.35. The first-order valence-corrected chi connectivity index (χ1v) is 8.22. The molecule has 0 radical (unpaired) electrons. The number of aromatic nitrogens is 2. The van der Waals surface area contributed by atoms with Gasteiger partial charge in [-0.1, -0.05) is 5.47 Å². The lowest BCUT2D eigenvalue weighted by atomic mass is 9.50. The first kappa shape index (κ1) is 15.0. The number of furan rings is 1. The number of fused-ring (bicyclic) bond motifs is 3. The highest BCUT2D eigenvalue weighted by molar-refractivity contribution is 6.85. The highest BCUT2D eigenvalue weighted by atomic mass is 16.3. The molecule has 0 unspecified atom stereocenters. The van der Waals surface area contributed by atoms with Crippen LogP contribution in [-0.2, 0) is 7.05 Å². The maximum Gasteiger partial charge on any atom is 0.399 e. The molecule has 0 amide bonds. The Morgan fingerprint density at radius 2 is 2.00 bits per heavy atom. The quantitative estimate of drug-likeness (QED) is 0.486. The molecule has 0 fully saturated rings. The maximum absolute atomic E-state index is 5.95. The summed E-state index contributed by atoms with van der Waals surface area (Å²) in [5.41, 5.74) is 6.79. The third-order valence-corrected chi connectivity index (χ3v) is 5.09. The van der Waals surface area contributed by atoms with E-state index in [1.54, 1.807) is 6.20 Å². The van der Waals surface area contributed by atoms with Crippen molar-refractivity contribution in [2.45, 2.75) is 20.8 Å². The summed E-state index contributed by atoms with van der Waals surface area (Å²) in [7, 11) is 4.22. The Labute approximate surface area is 141 Å². The van der Waals surface area contributed by atoms with E-state index in [0.717, 1.165) is 10.8 Å². The summed E-state index contributed by atoms with van der Waals surface area (Å²) in [5.74, 6) is 0. The Bertz CT molecular complexity index is 1080. The lowest BCUT2D eigenvalue weighted by Gasteiger charge is -2.24. The van der Waals surface area contributed by atoms with Crippen LogP contribution in [0.5, 0.6) is 0 Å². The topological polar surface area (TPSA) is 33.2 Å². The highest BCUT2D eigenvalue weighted by Crippen LogP contribution is 2.13. The Balaban J connectivity index is 2.04. The largest absolute Gasteiger partial charge is 0.436 e. The van der Waals surface area contributed by atoms with Crippen LogP contribution in [0.2, 0.25) is 0 Å². The van der Waals surface area contributed by atoms with Gasteiger partial charge in [-0.05, 0) is 45.5 Å². The van der Waals surface area contributed by atoms with Gasteiger partial charge in [0.25, 0.3) is 0 Å². The van der Waals surface area contributed by atoms with Crippen LogP contribution in [0.1, 0.15) is 18.1 Å². The van der Waals surface area contributed by atoms with E-state index in [1.807, 2.05) is 6.07 Å². The molecule has 0 aliphatic carbocycles. The SMILES string of the molecule is CC1=c2c(oc3ncccc23)=CN(C)B1c1cc(C)c(C)c[n+]1C. The van der Waals surface area contributed by atoms with Crippen LogP contribution in [0.3, 0.4) is 0 Å². The molecular formula is C19H21BN3O+. The Kier molecular flexibility index (Phi) is 3.27. The molecule has 4 nitrogen and oxygen atoms in total. The second-order valence-electron chi connectivity index (χ2n) is 6.75. The third-order valence-electron chi connectivity index (χ3n) is 5.09. The van der Waals surface area contributed by atoms with E-state index in [2.05, 4.69) is 73.8 Å². The second kappa shape index (κ2) is 5.23. The fourth-order valence-corrected chi connectivity index (χ4v) is 3.76. The van der Waals surface area contributed by atoms with E-state index in [-0.39, 0.29) is 6.85 Å². The third kappa shape index (κ3) is 2.08. The van der Waals surface area contributed by atoms with Crippen molar-refractivity contribution in [2.24, 2.45) is 7.05 Å². The van der Waals surface area contributed by atoms with Gasteiger partial charge in [0.15, 0.2) is 17.2 Å². The van der Waals surface area contributed by atoms with Crippen molar-refractivity contribution in [3.8, 4) is 0 Å². The van der Waals surface area contributed by atoms with E-state index >= 15 is 0 Å². The van der Waals surface area contributed by atoms with Crippen LogP contribution >= 0.6 is 0 Å². The zero-order valence-electron chi connectivity index (χ0n) is 14.8. The molecule has 1 aliphatic heterocycles. The Hall–Kier alpha value is -2.56. The van der Waals surface area contributed by atoms with Crippen molar-refractivity contribution in [3.05, 3.63) is 52.4 Å². The predicted molar refractivity (Wildman–Crippen MR) is 97.0 cm³/mol. The van der Waals surface area contributed by atoms with E-state index in [1.165, 1.54) is 27.4 Å². The van der Waals surface area contributed by atoms with Crippen molar-refractivity contribution in [1.82, 2.24) is 9.79 Å². The number of hydrogen-bond acceptors (Lipinski definition) is 3. The molecule has 3 aromatic heterocycles. The summed E-state index contributed by atoms with van der Waals surface area (Å²) in [4.78, 5) is 6.59. The number of hydrogen-bond donors (Lipinski definition) is 0. The molecule has 0 spiro atoms. The number of aryl methyl sites for hydroxylation is 3. The van der Waals surface area contributed by atoms with Gasteiger partial charge in [-0.15, -0.1) is 0 Å². The first-order chi connectivity index (χ1) is 11.5. The van der Waals surface area contributed by atoms with Crippen LogP contribution in [0.4, 0.5) is 0 Å². The molecule has 0 atom stereocenters. The summed E-state index contributed by atoms with van der Waals surface area (Å²) in [6.07, 6.45) is 6.07. The zero-order chi connectivity index (χ0) is 17.0. The molecule has 3 aromatic rings. The smallest absolute Gasteiger partial charge is 0.399 e. The van der Waals surface area contributed by atoms with Crippen LogP contribution in [0.25, 0.3) is 22.8 Å². The standard InChI is InChI=1S/C19H21BN3O/c1-12-9-17(22(4)10-13(12)2)20-14(3)18-15-7-6-8-21-19(15)24-16(18)11-23(20)5/h6-11H,1-5H3/q+1. The average molecular weight is 318 g/mol. The molecule has 0 bridgehead atoms. The van der Waals surface area contributed by atoms with Gasteiger partial charge in [-0.3, -0.25) is 0 Å². The summed E-state index contributed by atoms with van der Waals surface area (Å²) < 4.78 is 8.18. The molecular weight excluding hydrogens is 297 g/mol. The minimum atomic E-state index is 0.183. The van der Waals surface area contributed by atoms with Crippen LogP contribution < -0.4 is 20.8 Å². The fraction of sp³-hybridized carbons (Fsp3) is 0.263. The number of pyridine rings is 2. The molecule has 120 valence electrons. The van der Waals surface area contributed by atoms with Gasteiger partial charge in [0.2, 0.25) is 5.71 Å². The fourth-order valence-electron chi connectivity index (χ4n) is 3.76. The minimum absolute atomic E-state index is 0.183. The van der Waals surface area contributed by atoms with Gasteiger partial charge in [-0.2, -0.15) is 0 Å². The molecule has 0 aromatic carbocycles. The second-order valence-corrected chi connectivity index (χ2v) is 6.75. The van der Waals surface area contributed by atoms with E-state index in [4.69, 9.17) is 4.42 Å². The van der Waals surface area contributed by atoms with Gasteiger partial charge in [-0.25, -0.2) is 9.55 Å². The maximum atomic E-state index is 5.95.